The van der Waals surface area contributed by atoms with Gasteiger partial charge in [-0.1, -0.05) is 0 Å². The molecule has 0 radical (unpaired) electrons. The van der Waals surface area contributed by atoms with Gasteiger partial charge in [-0.2, -0.15) is 0 Å². The molecule has 2 atom stereocenters. The zero-order valence-corrected chi connectivity index (χ0v) is 5.78. The van der Waals surface area contributed by atoms with Crippen LogP contribution in [0.15, 0.2) is 0 Å². The lowest BCUT2D eigenvalue weighted by molar-refractivity contribution is -0.0248. The van der Waals surface area contributed by atoms with Gasteiger partial charge < -0.3 is 15.1 Å². The summed E-state index contributed by atoms with van der Waals surface area (Å²) in [7, 11) is -2.12. The standard InChI is InChI=1S/C3H9O5P/c1-3(5)8-9(6)7-2-4/h3-6H,2H2,1H3. The van der Waals surface area contributed by atoms with Gasteiger partial charge in [0.05, 0.1) is 0 Å². The summed E-state index contributed by atoms with van der Waals surface area (Å²) in [5.41, 5.74) is 0. The lowest BCUT2D eigenvalue weighted by atomic mass is 10.8. The van der Waals surface area contributed by atoms with E-state index in [0.717, 1.165) is 0 Å². The molecule has 9 heavy (non-hydrogen) atoms. The first-order valence-corrected chi connectivity index (χ1v) is 3.37. The highest BCUT2D eigenvalue weighted by Crippen LogP contribution is 2.32. The molecular weight excluding hydrogens is 147 g/mol. The highest BCUT2D eigenvalue weighted by molar-refractivity contribution is 7.40. The minimum absolute atomic E-state index is 0.616. The monoisotopic (exact) mass is 156 g/mol. The molecule has 0 heterocycles. The molecule has 3 N–H and O–H groups in total. The summed E-state index contributed by atoms with van der Waals surface area (Å²) in [6.07, 6.45) is -1.08. The van der Waals surface area contributed by atoms with Crippen molar-refractivity contribution in [1.29, 1.82) is 0 Å². The molecule has 6 heteroatoms. The number of aliphatic hydroxyl groups excluding tert-OH is 2. The van der Waals surface area contributed by atoms with Gasteiger partial charge >= 0.3 is 8.60 Å². The molecule has 0 aromatic rings. The van der Waals surface area contributed by atoms with Crippen molar-refractivity contribution in [3.8, 4) is 0 Å². The van der Waals surface area contributed by atoms with Gasteiger partial charge in [0.1, 0.15) is 0 Å². The molecule has 2 unspecified atom stereocenters. The van der Waals surface area contributed by atoms with Crippen LogP contribution in [0.1, 0.15) is 6.92 Å². The van der Waals surface area contributed by atoms with Crippen molar-refractivity contribution >= 4 is 8.60 Å². The van der Waals surface area contributed by atoms with Crippen LogP contribution >= 0.6 is 8.60 Å². The topological polar surface area (TPSA) is 79.2 Å². The fraction of sp³-hybridized carbons (Fsp3) is 1.00. The Morgan fingerprint density at radius 3 is 2.56 bits per heavy atom. The molecule has 0 spiro atoms. The lowest BCUT2D eigenvalue weighted by Crippen LogP contribution is -2.03. The van der Waals surface area contributed by atoms with E-state index in [1.54, 1.807) is 0 Å². The maximum Gasteiger partial charge on any atom is 0.334 e. The van der Waals surface area contributed by atoms with E-state index in [4.69, 9.17) is 15.1 Å². The van der Waals surface area contributed by atoms with Crippen molar-refractivity contribution in [2.75, 3.05) is 6.79 Å². The fourth-order valence-corrected chi connectivity index (χ4v) is 0.631. The summed E-state index contributed by atoms with van der Waals surface area (Å²) in [5, 5.41) is 16.4. The number of hydrogen-bond acceptors (Lipinski definition) is 5. The first-order valence-electron chi connectivity index (χ1n) is 2.24. The molecule has 0 aliphatic heterocycles. The van der Waals surface area contributed by atoms with Crippen molar-refractivity contribution in [3.05, 3.63) is 0 Å². The predicted molar refractivity (Wildman–Crippen MR) is 30.1 cm³/mol. The molecule has 0 amide bonds. The second-order valence-electron chi connectivity index (χ2n) is 1.20. The molecule has 0 fully saturated rings. The van der Waals surface area contributed by atoms with Gasteiger partial charge in [-0.3, -0.25) is 9.05 Å². The summed E-state index contributed by atoms with van der Waals surface area (Å²) in [4.78, 5) is 8.52. The average Bonchev–Trinajstić information content (AvgIpc) is 1.63. The molecular formula is C3H9O5P. The first-order chi connectivity index (χ1) is 4.16. The average molecular weight is 156 g/mol. The van der Waals surface area contributed by atoms with E-state index in [9.17, 15) is 0 Å². The molecule has 5 nitrogen and oxygen atoms in total. The number of aliphatic hydroxyl groups is 2. The van der Waals surface area contributed by atoms with E-state index in [2.05, 4.69) is 9.05 Å². The largest absolute Gasteiger partial charge is 0.370 e. The van der Waals surface area contributed by atoms with Crippen molar-refractivity contribution in [2.45, 2.75) is 13.2 Å². The summed E-state index contributed by atoms with van der Waals surface area (Å²) in [6.45, 7) is 0.710. The van der Waals surface area contributed by atoms with Gasteiger partial charge in [0, 0.05) is 0 Å². The second kappa shape index (κ2) is 5.05. The van der Waals surface area contributed by atoms with Gasteiger partial charge in [-0.15, -0.1) is 0 Å². The Morgan fingerprint density at radius 2 is 2.22 bits per heavy atom. The van der Waals surface area contributed by atoms with Gasteiger partial charge in [-0.25, -0.2) is 0 Å². The molecule has 56 valence electrons. The van der Waals surface area contributed by atoms with E-state index < -0.39 is 21.7 Å². The van der Waals surface area contributed by atoms with E-state index in [1.165, 1.54) is 6.92 Å². The van der Waals surface area contributed by atoms with Gasteiger partial charge in [0.15, 0.2) is 13.1 Å². The molecule has 0 saturated carbocycles. The minimum atomic E-state index is -2.12. The third-order valence-corrected chi connectivity index (χ3v) is 1.23. The van der Waals surface area contributed by atoms with Crippen molar-refractivity contribution in [2.24, 2.45) is 0 Å². The molecule has 0 aliphatic rings. The summed E-state index contributed by atoms with van der Waals surface area (Å²) in [5.74, 6) is 0. The van der Waals surface area contributed by atoms with Crippen LogP contribution < -0.4 is 0 Å². The Morgan fingerprint density at radius 1 is 1.67 bits per heavy atom. The Labute approximate surface area is 53.8 Å². The van der Waals surface area contributed by atoms with Crippen LogP contribution in [-0.2, 0) is 9.05 Å². The molecule has 0 saturated heterocycles. The van der Waals surface area contributed by atoms with Crippen LogP contribution in [0.5, 0.6) is 0 Å². The van der Waals surface area contributed by atoms with E-state index in [1.807, 2.05) is 0 Å². The maximum atomic E-state index is 8.52. The van der Waals surface area contributed by atoms with Gasteiger partial charge in [-0.05, 0) is 6.92 Å². The van der Waals surface area contributed by atoms with Crippen LogP contribution in [0.2, 0.25) is 0 Å². The lowest BCUT2D eigenvalue weighted by Gasteiger charge is -2.09. The molecule has 0 aromatic carbocycles. The Kier molecular flexibility index (Phi) is 5.18. The van der Waals surface area contributed by atoms with Gasteiger partial charge in [0.2, 0.25) is 0 Å². The Hall–Kier alpha value is 0.230. The minimum Gasteiger partial charge on any atom is -0.370 e. The number of hydrogen-bond donors (Lipinski definition) is 3. The van der Waals surface area contributed by atoms with Crippen molar-refractivity contribution in [1.82, 2.24) is 0 Å². The van der Waals surface area contributed by atoms with E-state index in [0.29, 0.717) is 0 Å². The number of rotatable bonds is 4. The summed E-state index contributed by atoms with van der Waals surface area (Å²) >= 11 is 0. The third-order valence-electron chi connectivity index (χ3n) is 0.411. The van der Waals surface area contributed by atoms with Crippen molar-refractivity contribution < 1.29 is 24.2 Å². The highest BCUT2D eigenvalue weighted by atomic mass is 31.2. The SMILES string of the molecule is CC(O)OP(O)OCO. The van der Waals surface area contributed by atoms with Crippen LogP contribution in [0.3, 0.4) is 0 Å². The van der Waals surface area contributed by atoms with E-state index in [-0.39, 0.29) is 0 Å². The zero-order chi connectivity index (χ0) is 7.28. The molecule has 0 aliphatic carbocycles. The highest BCUT2D eigenvalue weighted by Gasteiger charge is 2.07. The van der Waals surface area contributed by atoms with Crippen LogP contribution in [0.4, 0.5) is 0 Å². The van der Waals surface area contributed by atoms with Crippen molar-refractivity contribution in [3.63, 3.8) is 0 Å². The van der Waals surface area contributed by atoms with E-state index >= 15 is 0 Å². The summed E-state index contributed by atoms with van der Waals surface area (Å²) < 4.78 is 8.43. The Balaban J connectivity index is 3.15. The smallest absolute Gasteiger partial charge is 0.334 e. The van der Waals surface area contributed by atoms with Crippen LogP contribution in [0, 0.1) is 0 Å². The summed E-state index contributed by atoms with van der Waals surface area (Å²) in [6, 6.07) is 0. The molecule has 0 rings (SSSR count). The molecule has 0 bridgehead atoms. The van der Waals surface area contributed by atoms with Gasteiger partial charge in [0.25, 0.3) is 0 Å². The Bertz CT molecular complexity index is 67.2. The fourth-order valence-electron chi connectivity index (χ4n) is 0.210. The third kappa shape index (κ3) is 6.11. The predicted octanol–water partition coefficient (Wildman–Crippen LogP) is -0.473. The quantitative estimate of drug-likeness (QED) is 0.378. The zero-order valence-electron chi connectivity index (χ0n) is 4.89. The molecule has 0 aromatic heterocycles. The second-order valence-corrected chi connectivity index (χ2v) is 2.15. The maximum absolute atomic E-state index is 8.52. The van der Waals surface area contributed by atoms with Crippen LogP contribution in [0.25, 0.3) is 0 Å². The van der Waals surface area contributed by atoms with Crippen LogP contribution in [-0.4, -0.2) is 28.2 Å². The first kappa shape index (κ1) is 9.23. The normalized spacial score (nSPS) is 17.3.